The lowest BCUT2D eigenvalue weighted by Gasteiger charge is -2.00. The van der Waals surface area contributed by atoms with E-state index in [1.165, 1.54) is 11.5 Å². The van der Waals surface area contributed by atoms with Gasteiger partial charge in [0.15, 0.2) is 0 Å². The number of nitrogens with zero attached hydrogens (tertiary/aromatic N) is 2. The lowest BCUT2D eigenvalue weighted by atomic mass is 10.5. The largest absolute Gasteiger partial charge is 0.360 e. The average Bonchev–Trinajstić information content (AvgIpc) is 2.59. The molecule has 0 saturated heterocycles. The molecule has 15 heavy (non-hydrogen) atoms. The number of nitrogens with one attached hydrogen (secondary N) is 1. The van der Waals surface area contributed by atoms with Gasteiger partial charge in [-0.15, -0.1) is 0 Å². The molecule has 0 unspecified atom stereocenters. The number of nitrogens with two attached hydrogens (primary N) is 1. The fourth-order valence-corrected chi connectivity index (χ4v) is 2.16. The molecule has 0 saturated carbocycles. The zero-order valence-electron chi connectivity index (χ0n) is 8.43. The van der Waals surface area contributed by atoms with E-state index in [9.17, 15) is 8.42 Å². The van der Waals surface area contributed by atoms with Crippen molar-refractivity contribution in [2.75, 3.05) is 17.6 Å². The first-order valence-corrected chi connectivity index (χ1v) is 7.07. The number of anilines is 1. The number of rotatable bonds is 6. The van der Waals surface area contributed by atoms with Gasteiger partial charge in [-0.25, -0.2) is 18.5 Å². The molecule has 0 fully saturated rings. The summed E-state index contributed by atoms with van der Waals surface area (Å²) in [7, 11) is -3.35. The summed E-state index contributed by atoms with van der Waals surface area (Å²) in [6.45, 7) is 2.52. The van der Waals surface area contributed by atoms with Gasteiger partial charge in [-0.1, -0.05) is 6.92 Å². The molecule has 0 radical (unpaired) electrons. The van der Waals surface area contributed by atoms with Gasteiger partial charge in [0.2, 0.25) is 15.2 Å². The van der Waals surface area contributed by atoms with Gasteiger partial charge < -0.3 is 5.32 Å². The molecular weight excluding hydrogens is 236 g/mol. The van der Waals surface area contributed by atoms with Gasteiger partial charge in [0.25, 0.3) is 0 Å². The second kappa shape index (κ2) is 5.38. The zero-order valence-corrected chi connectivity index (χ0v) is 10.1. The molecule has 0 aromatic carbocycles. The summed E-state index contributed by atoms with van der Waals surface area (Å²) in [4.78, 5) is 4.18. The monoisotopic (exact) mass is 250 g/mol. The Morgan fingerprint density at radius 2 is 2.27 bits per heavy atom. The minimum Gasteiger partial charge on any atom is -0.360 e. The van der Waals surface area contributed by atoms with Crippen LogP contribution in [0.3, 0.4) is 0 Å². The van der Waals surface area contributed by atoms with E-state index in [1.54, 1.807) is 0 Å². The molecule has 0 aliphatic heterocycles. The summed E-state index contributed by atoms with van der Waals surface area (Å²) >= 11 is 1.28. The number of sulfonamides is 1. The van der Waals surface area contributed by atoms with Gasteiger partial charge in [0, 0.05) is 24.5 Å². The third-order valence-corrected chi connectivity index (χ3v) is 3.23. The van der Waals surface area contributed by atoms with E-state index >= 15 is 0 Å². The molecule has 0 bridgehead atoms. The Kier molecular flexibility index (Phi) is 4.43. The van der Waals surface area contributed by atoms with E-state index in [0.29, 0.717) is 13.0 Å². The van der Waals surface area contributed by atoms with Crippen LogP contribution in [0.5, 0.6) is 0 Å². The first-order valence-electron chi connectivity index (χ1n) is 4.58. The van der Waals surface area contributed by atoms with Crippen LogP contribution in [-0.4, -0.2) is 30.1 Å². The highest BCUT2D eigenvalue weighted by atomic mass is 32.2. The number of aryl methyl sites for hydroxylation is 1. The Balaban J connectivity index is 2.26. The number of hydrogen-bond acceptors (Lipinski definition) is 6. The van der Waals surface area contributed by atoms with E-state index in [0.717, 1.165) is 17.4 Å². The highest BCUT2D eigenvalue weighted by Gasteiger charge is 2.03. The fraction of sp³-hybridized carbons (Fsp3) is 0.714. The van der Waals surface area contributed by atoms with Gasteiger partial charge in [0.05, 0.1) is 5.75 Å². The predicted octanol–water partition coefficient (Wildman–Crippen LogP) is 0.191. The fourth-order valence-electron chi connectivity index (χ4n) is 0.938. The minimum atomic E-state index is -3.35. The van der Waals surface area contributed by atoms with Crippen molar-refractivity contribution in [1.82, 2.24) is 9.36 Å². The normalized spacial score (nSPS) is 11.6. The summed E-state index contributed by atoms with van der Waals surface area (Å²) < 4.78 is 25.3. The van der Waals surface area contributed by atoms with Gasteiger partial charge >= 0.3 is 0 Å². The Labute approximate surface area is 93.1 Å². The van der Waals surface area contributed by atoms with E-state index in [2.05, 4.69) is 14.7 Å². The van der Waals surface area contributed by atoms with Crippen LogP contribution < -0.4 is 10.5 Å². The molecule has 1 aromatic rings. The molecule has 6 nitrogen and oxygen atoms in total. The molecule has 0 aliphatic carbocycles. The Bertz CT molecular complexity index is 401. The molecule has 3 N–H and O–H groups in total. The highest BCUT2D eigenvalue weighted by Crippen LogP contribution is 2.10. The summed E-state index contributed by atoms with van der Waals surface area (Å²) in [6, 6.07) is 0. The second-order valence-electron chi connectivity index (χ2n) is 3.02. The SMILES string of the molecule is CCc1nsc(NCCCS(N)(=O)=O)n1. The van der Waals surface area contributed by atoms with Crippen molar-refractivity contribution in [2.24, 2.45) is 5.14 Å². The molecule has 8 heteroatoms. The van der Waals surface area contributed by atoms with Gasteiger partial charge in [-0.05, 0) is 6.42 Å². The third kappa shape index (κ3) is 5.05. The molecule has 1 rings (SSSR count). The van der Waals surface area contributed by atoms with Crippen LogP contribution in [0.15, 0.2) is 0 Å². The maximum atomic E-state index is 10.6. The van der Waals surface area contributed by atoms with Crippen molar-refractivity contribution in [3.63, 3.8) is 0 Å². The lowest BCUT2D eigenvalue weighted by molar-refractivity contribution is 0.596. The molecule has 1 heterocycles. The van der Waals surface area contributed by atoms with Gasteiger partial charge in [0.1, 0.15) is 5.82 Å². The van der Waals surface area contributed by atoms with Crippen LogP contribution in [0, 0.1) is 0 Å². The zero-order chi connectivity index (χ0) is 11.3. The maximum Gasteiger partial charge on any atom is 0.209 e. The number of aromatic nitrogens is 2. The van der Waals surface area contributed by atoms with Crippen molar-refractivity contribution < 1.29 is 8.42 Å². The van der Waals surface area contributed by atoms with Crippen LogP contribution in [0.1, 0.15) is 19.2 Å². The first kappa shape index (κ1) is 12.3. The standard InChI is InChI=1S/C7H14N4O2S2/c1-2-6-10-7(14-11-6)9-4-3-5-15(8,12)13/h2-5H2,1H3,(H2,8,12,13)(H,9,10,11). The predicted molar refractivity (Wildman–Crippen MR) is 60.4 cm³/mol. The summed E-state index contributed by atoms with van der Waals surface area (Å²) in [5.41, 5.74) is 0. The third-order valence-electron chi connectivity index (χ3n) is 1.67. The minimum absolute atomic E-state index is 0.0144. The highest BCUT2D eigenvalue weighted by molar-refractivity contribution is 7.89. The van der Waals surface area contributed by atoms with E-state index in [1.807, 2.05) is 6.92 Å². The molecular formula is C7H14N4O2S2. The molecule has 0 aliphatic rings. The van der Waals surface area contributed by atoms with Gasteiger partial charge in [-0.3, -0.25) is 0 Å². The van der Waals surface area contributed by atoms with Crippen molar-refractivity contribution in [2.45, 2.75) is 19.8 Å². The molecule has 1 aromatic heterocycles. The second-order valence-corrected chi connectivity index (χ2v) is 5.50. The average molecular weight is 250 g/mol. The first-order chi connectivity index (χ1) is 7.01. The number of hydrogen-bond donors (Lipinski definition) is 2. The molecule has 0 spiro atoms. The van der Waals surface area contributed by atoms with Crippen LogP contribution in [0.4, 0.5) is 5.13 Å². The molecule has 0 amide bonds. The van der Waals surface area contributed by atoms with E-state index in [4.69, 9.17) is 5.14 Å². The Morgan fingerprint density at radius 3 is 2.80 bits per heavy atom. The van der Waals surface area contributed by atoms with Crippen molar-refractivity contribution in [1.29, 1.82) is 0 Å². The summed E-state index contributed by atoms with van der Waals surface area (Å²) in [5, 5.41) is 8.58. The Morgan fingerprint density at radius 1 is 1.53 bits per heavy atom. The van der Waals surface area contributed by atoms with Crippen LogP contribution in [0.25, 0.3) is 0 Å². The maximum absolute atomic E-state index is 10.6. The molecule has 86 valence electrons. The Hall–Kier alpha value is -0.730. The number of primary sulfonamides is 1. The van der Waals surface area contributed by atoms with Crippen molar-refractivity contribution in [3.8, 4) is 0 Å². The quantitative estimate of drug-likeness (QED) is 0.702. The van der Waals surface area contributed by atoms with Crippen LogP contribution >= 0.6 is 11.5 Å². The van der Waals surface area contributed by atoms with Crippen LogP contribution in [0.2, 0.25) is 0 Å². The van der Waals surface area contributed by atoms with Crippen molar-refractivity contribution in [3.05, 3.63) is 5.82 Å². The topological polar surface area (TPSA) is 98.0 Å². The van der Waals surface area contributed by atoms with E-state index in [-0.39, 0.29) is 5.75 Å². The summed E-state index contributed by atoms with van der Waals surface area (Å²) in [5.74, 6) is 0.786. The summed E-state index contributed by atoms with van der Waals surface area (Å²) in [6.07, 6.45) is 1.27. The smallest absolute Gasteiger partial charge is 0.209 e. The van der Waals surface area contributed by atoms with Crippen molar-refractivity contribution >= 4 is 26.7 Å². The van der Waals surface area contributed by atoms with Gasteiger partial charge in [-0.2, -0.15) is 4.37 Å². The van der Waals surface area contributed by atoms with E-state index < -0.39 is 10.0 Å². The van der Waals surface area contributed by atoms with Crippen LogP contribution in [-0.2, 0) is 16.4 Å². The lowest BCUT2D eigenvalue weighted by Crippen LogP contribution is -2.18. The molecule has 0 atom stereocenters.